The number of ether oxygens (including phenoxy) is 1. The molecule has 1 amide bonds. The molecule has 2 rings (SSSR count). The Labute approximate surface area is 202 Å². The fourth-order valence-corrected chi connectivity index (χ4v) is 3.19. The Kier molecular flexibility index (Phi) is 13.1. The first-order valence-electron chi connectivity index (χ1n) is 10.6. The Hall–Kier alpha value is -2.56. The maximum Gasteiger partial charge on any atom is 0.228 e. The van der Waals surface area contributed by atoms with Crippen molar-refractivity contribution in [3.8, 4) is 5.75 Å². The summed E-state index contributed by atoms with van der Waals surface area (Å²) in [5.41, 5.74) is 3.54. The lowest BCUT2D eigenvalue weighted by Crippen LogP contribution is -2.10. The van der Waals surface area contributed by atoms with E-state index >= 15 is 0 Å². The van der Waals surface area contributed by atoms with Crippen molar-refractivity contribution in [2.75, 3.05) is 11.9 Å². The molecule has 2 aromatic carbocycles. The minimum Gasteiger partial charge on any atom is -0.494 e. The number of carbonyl (C=O) groups is 1. The number of rotatable bonds is 8. The molecule has 0 spiro atoms. The van der Waals surface area contributed by atoms with Crippen LogP contribution < -0.4 is 10.1 Å². The summed E-state index contributed by atoms with van der Waals surface area (Å²) in [7, 11) is 0. The smallest absolute Gasteiger partial charge is 0.228 e. The van der Waals surface area contributed by atoms with E-state index in [2.05, 4.69) is 17.2 Å². The van der Waals surface area contributed by atoms with Crippen LogP contribution in [0.2, 0.25) is 10.0 Å². The zero-order valence-electron chi connectivity index (χ0n) is 19.4. The zero-order chi connectivity index (χ0) is 23.9. The topological polar surface area (TPSA) is 50.7 Å². The van der Waals surface area contributed by atoms with E-state index in [-0.39, 0.29) is 5.91 Å². The van der Waals surface area contributed by atoms with E-state index in [0.29, 0.717) is 23.1 Å². The van der Waals surface area contributed by atoms with Crippen LogP contribution in [0.1, 0.15) is 53.0 Å². The van der Waals surface area contributed by atoms with Crippen LogP contribution in [0.15, 0.2) is 71.4 Å². The van der Waals surface area contributed by atoms with Gasteiger partial charge in [-0.1, -0.05) is 60.0 Å². The zero-order valence-corrected chi connectivity index (χ0v) is 20.9. The standard InChI is InChI=1S/C14H19NO2.C12H13Cl2N/c1-4-17-13-7-5-6-12(10-13)15-14(16)9-8-11(2)3;1-3-4-8-15-9(2)12-10(13)6-5-7-11(12)14/h5-8,10H,4,9H2,1-3H3,(H,15,16);4-8H,3H2,1-2H3/b;8-4+,15-9?. The van der Waals surface area contributed by atoms with Gasteiger partial charge in [0.25, 0.3) is 0 Å². The average molecular weight is 475 g/mol. The van der Waals surface area contributed by atoms with Crippen LogP contribution >= 0.6 is 23.2 Å². The summed E-state index contributed by atoms with van der Waals surface area (Å²) in [6.45, 7) is 10.5. The molecule has 0 atom stereocenters. The van der Waals surface area contributed by atoms with Crippen LogP contribution in [0.5, 0.6) is 5.75 Å². The highest BCUT2D eigenvalue weighted by molar-refractivity contribution is 6.40. The van der Waals surface area contributed by atoms with Crippen LogP contribution in [0.3, 0.4) is 0 Å². The van der Waals surface area contributed by atoms with Gasteiger partial charge in [0.2, 0.25) is 5.91 Å². The Morgan fingerprint density at radius 2 is 1.72 bits per heavy atom. The van der Waals surface area contributed by atoms with Crippen molar-refractivity contribution in [1.29, 1.82) is 0 Å². The highest BCUT2D eigenvalue weighted by atomic mass is 35.5. The number of hydrogen-bond donors (Lipinski definition) is 1. The van der Waals surface area contributed by atoms with Gasteiger partial charge in [0.15, 0.2) is 0 Å². The van der Waals surface area contributed by atoms with E-state index in [1.807, 2.05) is 82.3 Å². The molecule has 0 aliphatic carbocycles. The van der Waals surface area contributed by atoms with Gasteiger partial charge in [-0.3, -0.25) is 9.79 Å². The third-order valence-corrected chi connectivity index (χ3v) is 4.69. The van der Waals surface area contributed by atoms with E-state index in [9.17, 15) is 4.79 Å². The second-order valence-electron chi connectivity index (χ2n) is 7.10. The number of halogens is 2. The SMILES string of the molecule is CC/C=C/N=C(C)c1c(Cl)cccc1Cl.CCOc1cccc(NC(=O)CC=C(C)C)c1. The van der Waals surface area contributed by atoms with E-state index in [0.717, 1.165) is 34.7 Å². The molecule has 4 nitrogen and oxygen atoms in total. The number of hydrogen-bond acceptors (Lipinski definition) is 3. The third-order valence-electron chi connectivity index (χ3n) is 4.06. The normalized spacial score (nSPS) is 10.9. The lowest BCUT2D eigenvalue weighted by atomic mass is 10.1. The lowest BCUT2D eigenvalue weighted by Gasteiger charge is -2.07. The van der Waals surface area contributed by atoms with Gasteiger partial charge in [0.1, 0.15) is 5.75 Å². The van der Waals surface area contributed by atoms with Gasteiger partial charge in [-0.15, -0.1) is 0 Å². The van der Waals surface area contributed by atoms with Gasteiger partial charge in [0.05, 0.1) is 16.7 Å². The number of aliphatic imine (C=N–C) groups is 1. The Balaban J connectivity index is 0.000000323. The number of nitrogens with one attached hydrogen (secondary N) is 1. The minimum atomic E-state index is -0.0140. The number of benzene rings is 2. The summed E-state index contributed by atoms with van der Waals surface area (Å²) in [5, 5.41) is 4.10. The number of carbonyl (C=O) groups excluding carboxylic acids is 1. The molecule has 6 heteroatoms. The van der Waals surface area contributed by atoms with Crippen molar-refractivity contribution in [3.63, 3.8) is 0 Å². The molecule has 0 aromatic heterocycles. The van der Waals surface area contributed by atoms with E-state index in [4.69, 9.17) is 27.9 Å². The Morgan fingerprint density at radius 3 is 2.31 bits per heavy atom. The van der Waals surface area contributed by atoms with E-state index in [1.165, 1.54) is 0 Å². The van der Waals surface area contributed by atoms with Gasteiger partial charge in [0, 0.05) is 35.6 Å². The highest BCUT2D eigenvalue weighted by Gasteiger charge is 2.07. The molecule has 0 aliphatic heterocycles. The summed E-state index contributed by atoms with van der Waals surface area (Å²) in [5.74, 6) is 0.757. The maximum atomic E-state index is 11.6. The van der Waals surface area contributed by atoms with Gasteiger partial charge in [-0.2, -0.15) is 0 Å². The number of nitrogens with zero attached hydrogens (tertiary/aromatic N) is 1. The van der Waals surface area contributed by atoms with Crippen molar-refractivity contribution in [2.45, 2.75) is 47.5 Å². The molecule has 0 radical (unpaired) electrons. The summed E-state index contributed by atoms with van der Waals surface area (Å²) in [6.07, 6.45) is 7.03. The van der Waals surface area contributed by atoms with Crippen molar-refractivity contribution >= 4 is 40.5 Å². The number of allylic oxidation sites excluding steroid dienone is 2. The van der Waals surface area contributed by atoms with Crippen molar-refractivity contribution in [2.24, 2.45) is 4.99 Å². The lowest BCUT2D eigenvalue weighted by molar-refractivity contribution is -0.115. The van der Waals surface area contributed by atoms with Crippen LogP contribution in [-0.4, -0.2) is 18.2 Å². The van der Waals surface area contributed by atoms with Crippen LogP contribution in [0.25, 0.3) is 0 Å². The molecule has 0 heterocycles. The first-order chi connectivity index (χ1) is 15.3. The predicted molar refractivity (Wildman–Crippen MR) is 138 cm³/mol. The predicted octanol–water partition coefficient (Wildman–Crippen LogP) is 8.11. The van der Waals surface area contributed by atoms with Crippen LogP contribution in [0.4, 0.5) is 5.69 Å². The van der Waals surface area contributed by atoms with Gasteiger partial charge in [-0.05, 0) is 58.4 Å². The molecule has 0 aliphatic rings. The molecule has 32 heavy (non-hydrogen) atoms. The molecule has 0 bridgehead atoms. The fourth-order valence-electron chi connectivity index (χ4n) is 2.52. The first-order valence-corrected chi connectivity index (χ1v) is 11.3. The van der Waals surface area contributed by atoms with Crippen LogP contribution in [0, 0.1) is 0 Å². The second kappa shape index (κ2) is 15.3. The average Bonchev–Trinajstić information content (AvgIpc) is 2.73. The quantitative estimate of drug-likeness (QED) is 0.310. The molecule has 0 saturated carbocycles. The first kappa shape index (κ1) is 27.5. The molecule has 0 fully saturated rings. The van der Waals surface area contributed by atoms with Gasteiger partial charge in [-0.25, -0.2) is 0 Å². The monoisotopic (exact) mass is 474 g/mol. The summed E-state index contributed by atoms with van der Waals surface area (Å²) in [4.78, 5) is 15.9. The molecule has 0 unspecified atom stereocenters. The largest absolute Gasteiger partial charge is 0.494 e. The van der Waals surface area contributed by atoms with Crippen LogP contribution in [-0.2, 0) is 4.79 Å². The molecule has 0 saturated heterocycles. The second-order valence-corrected chi connectivity index (χ2v) is 7.91. The third kappa shape index (κ3) is 10.7. The number of anilines is 1. The van der Waals surface area contributed by atoms with Crippen molar-refractivity contribution in [1.82, 2.24) is 0 Å². The summed E-state index contributed by atoms with van der Waals surface area (Å²) in [6, 6.07) is 12.9. The molecular formula is C26H32Cl2N2O2. The van der Waals surface area contributed by atoms with Crippen molar-refractivity contribution < 1.29 is 9.53 Å². The minimum absolute atomic E-state index is 0.0140. The number of amides is 1. The summed E-state index contributed by atoms with van der Waals surface area (Å²) >= 11 is 12.1. The van der Waals surface area contributed by atoms with Gasteiger partial charge < -0.3 is 10.1 Å². The molecule has 172 valence electrons. The highest BCUT2D eigenvalue weighted by Crippen LogP contribution is 2.25. The van der Waals surface area contributed by atoms with Crippen molar-refractivity contribution in [3.05, 3.63) is 82.0 Å². The maximum absolute atomic E-state index is 11.6. The fraction of sp³-hybridized carbons (Fsp3) is 0.308. The molecule has 2 aromatic rings. The Morgan fingerprint density at radius 1 is 1.06 bits per heavy atom. The molecular weight excluding hydrogens is 443 g/mol. The van der Waals surface area contributed by atoms with E-state index < -0.39 is 0 Å². The summed E-state index contributed by atoms with van der Waals surface area (Å²) < 4.78 is 5.36. The van der Waals surface area contributed by atoms with Gasteiger partial charge >= 0.3 is 0 Å². The van der Waals surface area contributed by atoms with E-state index in [1.54, 1.807) is 6.20 Å². The molecule has 1 N–H and O–H groups in total. The Bertz CT molecular complexity index is 942.